The number of thioether (sulfide) groups is 1. The number of hydrogen-bond donors (Lipinski definition) is 2. The Hall–Kier alpha value is -2.51. The Kier molecular flexibility index (Phi) is 4.96. The molecule has 2 aromatic rings. The van der Waals surface area contributed by atoms with Gasteiger partial charge in [-0.2, -0.15) is 0 Å². The molecule has 1 aliphatic heterocycles. The summed E-state index contributed by atoms with van der Waals surface area (Å²) in [5.41, 5.74) is 1.53. The lowest BCUT2D eigenvalue weighted by Crippen LogP contribution is -2.20. The van der Waals surface area contributed by atoms with E-state index in [9.17, 15) is 14.4 Å². The van der Waals surface area contributed by atoms with E-state index in [-0.39, 0.29) is 11.5 Å². The highest BCUT2D eigenvalue weighted by atomic mass is 35.5. The van der Waals surface area contributed by atoms with E-state index in [2.05, 4.69) is 15.4 Å². The second-order valence-corrected chi connectivity index (χ2v) is 6.61. The van der Waals surface area contributed by atoms with E-state index < -0.39 is 11.9 Å². The third-order valence-corrected chi connectivity index (χ3v) is 4.91. The van der Waals surface area contributed by atoms with Crippen LogP contribution in [-0.4, -0.2) is 30.6 Å². The Bertz CT molecular complexity index is 885. The molecular weight excluding hydrogens is 364 g/mol. The van der Waals surface area contributed by atoms with Crippen molar-refractivity contribution < 1.29 is 19.1 Å². The number of carbonyl (C=O) groups is 3. The van der Waals surface area contributed by atoms with E-state index in [4.69, 9.17) is 11.6 Å². The smallest absolute Gasteiger partial charge is 0.337 e. The van der Waals surface area contributed by atoms with Crippen molar-refractivity contribution in [1.82, 2.24) is 0 Å². The van der Waals surface area contributed by atoms with Crippen molar-refractivity contribution in [2.75, 3.05) is 23.5 Å². The van der Waals surface area contributed by atoms with E-state index in [1.165, 1.54) is 37.1 Å². The molecule has 0 spiro atoms. The molecule has 2 amide bonds. The van der Waals surface area contributed by atoms with E-state index >= 15 is 0 Å². The molecule has 0 fully saturated rings. The predicted octanol–water partition coefficient (Wildman–Crippen LogP) is 3.42. The number of carbonyl (C=O) groups excluding carboxylic acids is 3. The molecule has 2 N–H and O–H groups in total. The lowest BCUT2D eigenvalue weighted by Gasteiger charge is -2.17. The molecular formula is C17H13ClN2O4S. The number of esters is 1. The van der Waals surface area contributed by atoms with Gasteiger partial charge in [0.1, 0.15) is 0 Å². The maximum absolute atomic E-state index is 12.5. The molecule has 128 valence electrons. The highest BCUT2D eigenvalue weighted by molar-refractivity contribution is 8.00. The summed E-state index contributed by atoms with van der Waals surface area (Å²) in [5, 5.41) is 5.70. The zero-order valence-electron chi connectivity index (χ0n) is 13.1. The van der Waals surface area contributed by atoms with Crippen LogP contribution in [0, 0.1) is 0 Å². The SMILES string of the molecule is COC(=O)c1ccc(Cl)c(NC(=O)c2ccc3c(c2)NC(=O)CS3)c1. The Balaban J connectivity index is 1.84. The molecule has 0 aliphatic carbocycles. The average molecular weight is 377 g/mol. The molecule has 1 aliphatic rings. The Morgan fingerprint density at radius 1 is 1.20 bits per heavy atom. The van der Waals surface area contributed by atoms with Crippen molar-refractivity contribution in [3.05, 3.63) is 52.5 Å². The highest BCUT2D eigenvalue weighted by Crippen LogP contribution is 2.32. The van der Waals surface area contributed by atoms with Gasteiger partial charge >= 0.3 is 5.97 Å². The van der Waals surface area contributed by atoms with Gasteiger partial charge in [0.05, 0.1) is 34.8 Å². The van der Waals surface area contributed by atoms with Crippen LogP contribution in [0.1, 0.15) is 20.7 Å². The number of methoxy groups -OCH3 is 1. The third-order valence-electron chi connectivity index (χ3n) is 3.51. The fourth-order valence-corrected chi connectivity index (χ4v) is 3.24. The molecule has 0 bridgehead atoms. The normalized spacial score (nSPS) is 12.8. The quantitative estimate of drug-likeness (QED) is 0.802. The second-order valence-electron chi connectivity index (χ2n) is 5.19. The van der Waals surface area contributed by atoms with Crippen molar-refractivity contribution in [2.24, 2.45) is 0 Å². The molecule has 0 saturated carbocycles. The van der Waals surface area contributed by atoms with Crippen LogP contribution < -0.4 is 10.6 Å². The van der Waals surface area contributed by atoms with Crippen molar-refractivity contribution in [2.45, 2.75) is 4.90 Å². The molecule has 0 aromatic heterocycles. The number of nitrogens with one attached hydrogen (secondary N) is 2. The summed E-state index contributed by atoms with van der Waals surface area (Å²) in [6, 6.07) is 9.51. The van der Waals surface area contributed by atoms with Crippen molar-refractivity contribution >= 4 is 52.5 Å². The maximum Gasteiger partial charge on any atom is 0.337 e. The highest BCUT2D eigenvalue weighted by Gasteiger charge is 2.18. The van der Waals surface area contributed by atoms with Gasteiger partial charge in [-0.1, -0.05) is 11.6 Å². The lowest BCUT2D eigenvalue weighted by molar-refractivity contribution is -0.113. The van der Waals surface area contributed by atoms with Crippen molar-refractivity contribution in [3.63, 3.8) is 0 Å². The van der Waals surface area contributed by atoms with E-state index in [1.54, 1.807) is 18.2 Å². The molecule has 2 aromatic carbocycles. The van der Waals surface area contributed by atoms with Crippen LogP contribution in [0.3, 0.4) is 0 Å². The number of anilines is 2. The van der Waals surface area contributed by atoms with Crippen LogP contribution in [0.5, 0.6) is 0 Å². The van der Waals surface area contributed by atoms with Crippen LogP contribution in [0.4, 0.5) is 11.4 Å². The van der Waals surface area contributed by atoms with Gasteiger partial charge < -0.3 is 15.4 Å². The van der Waals surface area contributed by atoms with Crippen LogP contribution in [0.25, 0.3) is 0 Å². The summed E-state index contributed by atoms with van der Waals surface area (Å²) in [6.45, 7) is 0. The van der Waals surface area contributed by atoms with Gasteiger partial charge in [-0.15, -0.1) is 11.8 Å². The summed E-state index contributed by atoms with van der Waals surface area (Å²) in [7, 11) is 1.27. The minimum Gasteiger partial charge on any atom is -0.465 e. The van der Waals surface area contributed by atoms with Crippen LogP contribution in [0.15, 0.2) is 41.3 Å². The number of benzene rings is 2. The summed E-state index contributed by atoms with van der Waals surface area (Å²) in [4.78, 5) is 36.5. The van der Waals surface area contributed by atoms with Gasteiger partial charge in [-0.25, -0.2) is 4.79 Å². The number of amides is 2. The summed E-state index contributed by atoms with van der Waals surface area (Å²) in [6.07, 6.45) is 0. The minimum atomic E-state index is -0.527. The van der Waals surface area contributed by atoms with Gasteiger partial charge in [0.25, 0.3) is 5.91 Å². The predicted molar refractivity (Wildman–Crippen MR) is 96.5 cm³/mol. The van der Waals surface area contributed by atoms with E-state index in [0.29, 0.717) is 27.7 Å². The number of ether oxygens (including phenoxy) is 1. The van der Waals surface area contributed by atoms with Crippen molar-refractivity contribution in [1.29, 1.82) is 0 Å². The maximum atomic E-state index is 12.5. The summed E-state index contributed by atoms with van der Waals surface area (Å²) < 4.78 is 4.66. The second kappa shape index (κ2) is 7.16. The first-order valence-electron chi connectivity index (χ1n) is 7.24. The van der Waals surface area contributed by atoms with Crippen LogP contribution in [0.2, 0.25) is 5.02 Å². The topological polar surface area (TPSA) is 84.5 Å². The molecule has 3 rings (SSSR count). The monoisotopic (exact) mass is 376 g/mol. The minimum absolute atomic E-state index is 0.108. The number of fused-ring (bicyclic) bond motifs is 1. The zero-order chi connectivity index (χ0) is 18.0. The summed E-state index contributed by atoms with van der Waals surface area (Å²) in [5.74, 6) is -0.685. The molecule has 0 atom stereocenters. The summed E-state index contributed by atoms with van der Waals surface area (Å²) >= 11 is 7.50. The molecule has 0 radical (unpaired) electrons. The number of hydrogen-bond acceptors (Lipinski definition) is 5. The molecule has 6 nitrogen and oxygen atoms in total. The first-order valence-corrected chi connectivity index (χ1v) is 8.60. The number of halogens is 1. The van der Waals surface area contributed by atoms with Gasteiger partial charge in [-0.05, 0) is 36.4 Å². The largest absolute Gasteiger partial charge is 0.465 e. The molecule has 25 heavy (non-hydrogen) atoms. The van der Waals surface area contributed by atoms with Crippen molar-refractivity contribution in [3.8, 4) is 0 Å². The fourth-order valence-electron chi connectivity index (χ4n) is 2.28. The molecule has 1 heterocycles. The first kappa shape index (κ1) is 17.3. The number of rotatable bonds is 3. The molecule has 0 unspecified atom stereocenters. The van der Waals surface area contributed by atoms with E-state index in [1.807, 2.05) is 0 Å². The van der Waals surface area contributed by atoms with Gasteiger partial charge in [0.15, 0.2) is 0 Å². The fraction of sp³-hybridized carbons (Fsp3) is 0.118. The third kappa shape index (κ3) is 3.78. The Labute approximate surface area is 152 Å². The zero-order valence-corrected chi connectivity index (χ0v) is 14.7. The average Bonchev–Trinajstić information content (AvgIpc) is 2.62. The van der Waals surface area contributed by atoms with Gasteiger partial charge in [0.2, 0.25) is 5.91 Å². The van der Waals surface area contributed by atoms with Crippen LogP contribution in [-0.2, 0) is 9.53 Å². The Morgan fingerprint density at radius 3 is 2.72 bits per heavy atom. The van der Waals surface area contributed by atoms with Gasteiger partial charge in [0, 0.05) is 10.5 Å². The van der Waals surface area contributed by atoms with E-state index in [0.717, 1.165) is 4.90 Å². The standard InChI is InChI=1S/C17H13ClN2O4S/c1-24-17(23)10-2-4-11(18)12(7-10)20-16(22)9-3-5-14-13(6-9)19-15(21)8-25-14/h2-7H,8H2,1H3,(H,19,21)(H,20,22). The van der Waals surface area contributed by atoms with Crippen LogP contribution >= 0.6 is 23.4 Å². The molecule has 8 heteroatoms. The molecule has 0 saturated heterocycles. The van der Waals surface area contributed by atoms with Gasteiger partial charge in [-0.3, -0.25) is 9.59 Å². The lowest BCUT2D eigenvalue weighted by atomic mass is 10.1. The first-order chi connectivity index (χ1) is 12.0. The Morgan fingerprint density at radius 2 is 1.96 bits per heavy atom.